The van der Waals surface area contributed by atoms with E-state index in [-0.39, 0.29) is 0 Å². The van der Waals surface area contributed by atoms with Gasteiger partial charge in [-0.05, 0) is 35.6 Å². The molecule has 0 saturated heterocycles. The molecule has 172 valence electrons. The SMILES string of the molecule is COc1ccccc1-c1cc(CSc2nnc(Cc3cccs3)n2CCc2ccccc2)on1. The Morgan fingerprint density at radius 2 is 1.85 bits per heavy atom. The zero-order valence-electron chi connectivity index (χ0n) is 18.8. The molecule has 0 spiro atoms. The van der Waals surface area contributed by atoms with Crippen LogP contribution in [0.15, 0.2) is 87.9 Å². The van der Waals surface area contributed by atoms with Crippen molar-refractivity contribution in [2.24, 2.45) is 0 Å². The molecule has 34 heavy (non-hydrogen) atoms. The van der Waals surface area contributed by atoms with Gasteiger partial charge in [-0.25, -0.2) is 0 Å². The average molecular weight is 489 g/mol. The Hall–Kier alpha value is -3.36. The molecule has 3 heterocycles. The molecule has 0 radical (unpaired) electrons. The summed E-state index contributed by atoms with van der Waals surface area (Å²) in [5, 5.41) is 16.3. The highest BCUT2D eigenvalue weighted by Gasteiger charge is 2.16. The number of methoxy groups -OCH3 is 1. The van der Waals surface area contributed by atoms with Gasteiger partial charge in [0.2, 0.25) is 0 Å². The minimum absolute atomic E-state index is 0.616. The maximum Gasteiger partial charge on any atom is 0.191 e. The first-order chi connectivity index (χ1) is 16.8. The van der Waals surface area contributed by atoms with E-state index in [4.69, 9.17) is 9.26 Å². The molecule has 0 atom stereocenters. The number of benzene rings is 2. The summed E-state index contributed by atoms with van der Waals surface area (Å²) in [5.41, 5.74) is 2.97. The summed E-state index contributed by atoms with van der Waals surface area (Å²) in [6.07, 6.45) is 1.70. The number of thioether (sulfide) groups is 1. The summed E-state index contributed by atoms with van der Waals surface area (Å²) in [5.74, 6) is 3.15. The summed E-state index contributed by atoms with van der Waals surface area (Å²) in [4.78, 5) is 1.28. The first-order valence-corrected chi connectivity index (χ1v) is 12.9. The Balaban J connectivity index is 1.33. The number of aromatic nitrogens is 4. The Kier molecular flexibility index (Phi) is 7.07. The highest BCUT2D eigenvalue weighted by Crippen LogP contribution is 2.31. The third-order valence-electron chi connectivity index (χ3n) is 5.46. The normalized spacial score (nSPS) is 11.1. The molecule has 0 aliphatic rings. The van der Waals surface area contributed by atoms with Crippen LogP contribution in [-0.4, -0.2) is 27.0 Å². The van der Waals surface area contributed by atoms with Crippen molar-refractivity contribution in [3.05, 3.63) is 100 Å². The molecule has 0 unspecified atom stereocenters. The molecule has 5 aromatic rings. The second kappa shape index (κ2) is 10.7. The fraction of sp³-hybridized carbons (Fsp3) is 0.192. The van der Waals surface area contributed by atoms with E-state index in [0.717, 1.165) is 53.1 Å². The largest absolute Gasteiger partial charge is 0.496 e. The van der Waals surface area contributed by atoms with Crippen molar-refractivity contribution in [3.8, 4) is 17.0 Å². The Bertz CT molecular complexity index is 1330. The highest BCUT2D eigenvalue weighted by molar-refractivity contribution is 7.98. The van der Waals surface area contributed by atoms with E-state index in [2.05, 4.69) is 61.7 Å². The molecular formula is C26H24N4O2S2. The van der Waals surface area contributed by atoms with Gasteiger partial charge in [0.15, 0.2) is 5.16 Å². The van der Waals surface area contributed by atoms with Crippen LogP contribution in [0.25, 0.3) is 11.3 Å². The van der Waals surface area contributed by atoms with Gasteiger partial charge in [-0.15, -0.1) is 21.5 Å². The van der Waals surface area contributed by atoms with Crippen LogP contribution in [0.2, 0.25) is 0 Å². The van der Waals surface area contributed by atoms with Gasteiger partial charge in [0.25, 0.3) is 0 Å². The van der Waals surface area contributed by atoms with Gasteiger partial charge in [-0.1, -0.05) is 65.4 Å². The number of hydrogen-bond donors (Lipinski definition) is 0. The van der Waals surface area contributed by atoms with Crippen molar-refractivity contribution in [2.75, 3.05) is 7.11 Å². The molecule has 0 N–H and O–H groups in total. The summed E-state index contributed by atoms with van der Waals surface area (Å²) >= 11 is 3.36. The molecule has 2 aromatic carbocycles. The van der Waals surface area contributed by atoms with Gasteiger partial charge in [-0.3, -0.25) is 0 Å². The molecule has 0 amide bonds. The molecule has 0 aliphatic carbocycles. The third kappa shape index (κ3) is 5.24. The molecule has 0 aliphatic heterocycles. The van der Waals surface area contributed by atoms with Gasteiger partial charge in [0.05, 0.1) is 12.9 Å². The number of rotatable bonds is 10. The van der Waals surface area contributed by atoms with Gasteiger partial charge in [-0.2, -0.15) is 0 Å². The zero-order chi connectivity index (χ0) is 23.2. The van der Waals surface area contributed by atoms with E-state index in [1.54, 1.807) is 30.2 Å². The molecule has 3 aromatic heterocycles. The van der Waals surface area contributed by atoms with E-state index in [1.165, 1.54) is 10.4 Å². The summed E-state index contributed by atoms with van der Waals surface area (Å²) in [6, 6.07) is 24.5. The number of hydrogen-bond acceptors (Lipinski definition) is 7. The molecule has 0 saturated carbocycles. The van der Waals surface area contributed by atoms with E-state index in [0.29, 0.717) is 5.75 Å². The second-order valence-electron chi connectivity index (χ2n) is 7.71. The van der Waals surface area contributed by atoms with Crippen molar-refractivity contribution in [3.63, 3.8) is 0 Å². The number of thiophene rings is 1. The minimum Gasteiger partial charge on any atom is -0.496 e. The van der Waals surface area contributed by atoms with Crippen molar-refractivity contribution in [2.45, 2.75) is 30.3 Å². The standard InChI is InChI=1S/C26H24N4O2S2/c1-31-24-12-6-5-11-22(24)23-16-20(32-29-23)18-34-26-28-27-25(17-21-10-7-15-33-21)30(26)14-13-19-8-3-2-4-9-19/h2-12,15-16H,13-14,17-18H2,1H3. The second-order valence-corrected chi connectivity index (χ2v) is 9.68. The number of aryl methyl sites for hydroxylation is 1. The van der Waals surface area contributed by atoms with Crippen LogP contribution in [0.5, 0.6) is 5.75 Å². The summed E-state index contributed by atoms with van der Waals surface area (Å²) in [7, 11) is 1.66. The van der Waals surface area contributed by atoms with Crippen LogP contribution in [0.1, 0.15) is 22.0 Å². The fourth-order valence-electron chi connectivity index (χ4n) is 3.74. The molecule has 8 heteroatoms. The Morgan fingerprint density at radius 1 is 1.00 bits per heavy atom. The molecule has 0 bridgehead atoms. The Labute approximate surface area is 206 Å². The van der Waals surface area contributed by atoms with Crippen molar-refractivity contribution < 1.29 is 9.26 Å². The molecule has 6 nitrogen and oxygen atoms in total. The van der Waals surface area contributed by atoms with E-state index in [9.17, 15) is 0 Å². The van der Waals surface area contributed by atoms with Crippen molar-refractivity contribution in [1.82, 2.24) is 19.9 Å². The average Bonchev–Trinajstić information content (AvgIpc) is 3.64. The van der Waals surface area contributed by atoms with Crippen LogP contribution < -0.4 is 4.74 Å². The smallest absolute Gasteiger partial charge is 0.191 e. The first-order valence-electron chi connectivity index (χ1n) is 11.0. The zero-order valence-corrected chi connectivity index (χ0v) is 20.4. The lowest BCUT2D eigenvalue weighted by Crippen LogP contribution is -2.08. The lowest BCUT2D eigenvalue weighted by atomic mass is 10.1. The molecule has 0 fully saturated rings. The third-order valence-corrected chi connectivity index (χ3v) is 7.32. The summed E-state index contributed by atoms with van der Waals surface area (Å²) < 4.78 is 13.3. The quantitative estimate of drug-likeness (QED) is 0.220. The lowest BCUT2D eigenvalue weighted by Gasteiger charge is -2.09. The van der Waals surface area contributed by atoms with Gasteiger partial charge in [0, 0.05) is 29.5 Å². The van der Waals surface area contributed by atoms with Crippen LogP contribution in [0.4, 0.5) is 0 Å². The van der Waals surface area contributed by atoms with Gasteiger partial charge in [0.1, 0.15) is 23.0 Å². The number of ether oxygens (including phenoxy) is 1. The lowest BCUT2D eigenvalue weighted by molar-refractivity contribution is 0.395. The van der Waals surface area contributed by atoms with Crippen molar-refractivity contribution >= 4 is 23.1 Å². The topological polar surface area (TPSA) is 66.0 Å². The van der Waals surface area contributed by atoms with E-state index >= 15 is 0 Å². The predicted molar refractivity (Wildman–Crippen MR) is 135 cm³/mol. The van der Waals surface area contributed by atoms with Crippen LogP contribution in [0.3, 0.4) is 0 Å². The van der Waals surface area contributed by atoms with Gasteiger partial charge >= 0.3 is 0 Å². The van der Waals surface area contributed by atoms with Crippen molar-refractivity contribution in [1.29, 1.82) is 0 Å². The number of para-hydroxylation sites is 1. The predicted octanol–water partition coefficient (Wildman–Crippen LogP) is 6.13. The first kappa shape index (κ1) is 22.4. The maximum atomic E-state index is 5.62. The van der Waals surface area contributed by atoms with Crippen LogP contribution in [-0.2, 0) is 25.1 Å². The molecular weight excluding hydrogens is 464 g/mol. The van der Waals surface area contributed by atoms with Crippen LogP contribution in [0, 0.1) is 0 Å². The molecule has 5 rings (SSSR count). The van der Waals surface area contributed by atoms with E-state index in [1.807, 2.05) is 36.4 Å². The minimum atomic E-state index is 0.616. The van der Waals surface area contributed by atoms with E-state index < -0.39 is 0 Å². The van der Waals surface area contributed by atoms with Gasteiger partial charge < -0.3 is 13.8 Å². The number of nitrogens with zero attached hydrogens (tertiary/aromatic N) is 4. The summed E-state index contributed by atoms with van der Waals surface area (Å²) in [6.45, 7) is 0.822. The Morgan fingerprint density at radius 3 is 2.68 bits per heavy atom. The fourth-order valence-corrected chi connectivity index (χ4v) is 5.30. The maximum absolute atomic E-state index is 5.62. The highest BCUT2D eigenvalue weighted by atomic mass is 32.2. The van der Waals surface area contributed by atoms with Crippen LogP contribution >= 0.6 is 23.1 Å². The monoisotopic (exact) mass is 488 g/mol.